The minimum absolute atomic E-state index is 0.291. The molecule has 1 aliphatic rings. The molecule has 0 aromatic heterocycles. The van der Waals surface area contributed by atoms with Gasteiger partial charge < -0.3 is 5.32 Å². The van der Waals surface area contributed by atoms with Gasteiger partial charge in [-0.15, -0.1) is 0 Å². The maximum atomic E-state index is 10.5. The largest absolute Gasteiger partial charge is 0.337 e. The third kappa shape index (κ3) is 3.83. The molecule has 0 aromatic rings. The molecular formula is C7H15N3O. The second-order valence-electron chi connectivity index (χ2n) is 2.99. The van der Waals surface area contributed by atoms with Crippen molar-refractivity contribution in [3.8, 4) is 0 Å². The number of nitrogens with two attached hydrogens (primary N) is 1. The number of carbonyl (C=O) groups is 1. The fraction of sp³-hybridized carbons (Fsp3) is 0.857. The van der Waals surface area contributed by atoms with Crippen molar-refractivity contribution >= 4 is 6.03 Å². The minimum atomic E-state index is -0.291. The van der Waals surface area contributed by atoms with E-state index in [4.69, 9.17) is 5.84 Å². The Morgan fingerprint density at radius 2 is 2.27 bits per heavy atom. The van der Waals surface area contributed by atoms with Crippen LogP contribution in [0.15, 0.2) is 0 Å². The van der Waals surface area contributed by atoms with E-state index in [0.717, 1.165) is 18.9 Å². The molecule has 0 unspecified atom stereocenters. The van der Waals surface area contributed by atoms with Crippen LogP contribution in [0, 0.1) is 5.92 Å². The molecule has 1 fully saturated rings. The van der Waals surface area contributed by atoms with E-state index < -0.39 is 0 Å². The Hall–Kier alpha value is -0.770. The molecule has 1 aliphatic carbocycles. The van der Waals surface area contributed by atoms with E-state index in [9.17, 15) is 4.79 Å². The monoisotopic (exact) mass is 157 g/mol. The van der Waals surface area contributed by atoms with Crippen molar-refractivity contribution in [3.63, 3.8) is 0 Å². The summed E-state index contributed by atoms with van der Waals surface area (Å²) >= 11 is 0. The van der Waals surface area contributed by atoms with Crippen molar-refractivity contribution in [3.05, 3.63) is 0 Å². The average Bonchev–Trinajstić information content (AvgIpc) is 2.81. The predicted octanol–water partition coefficient (Wildman–Crippen LogP) is 0.349. The van der Waals surface area contributed by atoms with E-state index in [1.165, 1.54) is 19.3 Å². The molecule has 1 saturated carbocycles. The summed E-state index contributed by atoms with van der Waals surface area (Å²) in [5, 5.41) is 2.64. The lowest BCUT2D eigenvalue weighted by molar-refractivity contribution is 0.241. The first kappa shape index (κ1) is 8.33. The molecule has 0 spiro atoms. The Morgan fingerprint density at radius 1 is 1.55 bits per heavy atom. The summed E-state index contributed by atoms with van der Waals surface area (Å²) in [4.78, 5) is 10.5. The predicted molar refractivity (Wildman–Crippen MR) is 42.7 cm³/mol. The molecule has 4 N–H and O–H groups in total. The van der Waals surface area contributed by atoms with Gasteiger partial charge in [0.25, 0.3) is 0 Å². The summed E-state index contributed by atoms with van der Waals surface area (Å²) in [5.41, 5.74) is 2.02. The summed E-state index contributed by atoms with van der Waals surface area (Å²) in [6.45, 7) is 0.736. The number of amides is 2. The van der Waals surface area contributed by atoms with Crippen LogP contribution < -0.4 is 16.6 Å². The van der Waals surface area contributed by atoms with Gasteiger partial charge >= 0.3 is 6.03 Å². The zero-order chi connectivity index (χ0) is 8.10. The highest BCUT2D eigenvalue weighted by Crippen LogP contribution is 2.33. The lowest BCUT2D eigenvalue weighted by atomic mass is 10.2. The summed E-state index contributed by atoms with van der Waals surface area (Å²) in [7, 11) is 0. The molecule has 1 rings (SSSR count). The number of hydrazine groups is 1. The first-order valence-electron chi connectivity index (χ1n) is 4.07. The molecule has 4 heteroatoms. The second kappa shape index (κ2) is 4.18. The Kier molecular flexibility index (Phi) is 3.16. The molecule has 11 heavy (non-hydrogen) atoms. The van der Waals surface area contributed by atoms with Crippen molar-refractivity contribution in [2.45, 2.75) is 25.7 Å². The molecule has 0 aliphatic heterocycles. The van der Waals surface area contributed by atoms with Crippen LogP contribution in [0.4, 0.5) is 4.79 Å². The molecule has 4 nitrogen and oxygen atoms in total. The maximum absolute atomic E-state index is 10.5. The molecule has 2 amide bonds. The molecule has 0 bridgehead atoms. The van der Waals surface area contributed by atoms with Gasteiger partial charge in [0.05, 0.1) is 0 Å². The van der Waals surface area contributed by atoms with Crippen LogP contribution in [0.3, 0.4) is 0 Å². The highest BCUT2D eigenvalue weighted by atomic mass is 16.2. The van der Waals surface area contributed by atoms with Crippen molar-refractivity contribution < 1.29 is 4.79 Å². The fourth-order valence-electron chi connectivity index (χ4n) is 1.05. The summed E-state index contributed by atoms with van der Waals surface area (Å²) < 4.78 is 0. The van der Waals surface area contributed by atoms with Gasteiger partial charge in [0.2, 0.25) is 0 Å². The van der Waals surface area contributed by atoms with E-state index in [0.29, 0.717) is 0 Å². The van der Waals surface area contributed by atoms with Gasteiger partial charge in [0.15, 0.2) is 0 Å². The topological polar surface area (TPSA) is 67.1 Å². The first-order chi connectivity index (χ1) is 5.33. The van der Waals surface area contributed by atoms with E-state index >= 15 is 0 Å². The smallest absolute Gasteiger partial charge is 0.328 e. The molecule has 0 heterocycles. The number of nitrogens with one attached hydrogen (secondary N) is 2. The molecule has 0 saturated heterocycles. The average molecular weight is 157 g/mol. The fourth-order valence-corrected chi connectivity index (χ4v) is 1.05. The van der Waals surface area contributed by atoms with Gasteiger partial charge in [-0.05, 0) is 18.8 Å². The summed E-state index contributed by atoms with van der Waals surface area (Å²) in [6, 6.07) is -0.291. The van der Waals surface area contributed by atoms with Gasteiger partial charge in [-0.1, -0.05) is 12.8 Å². The SMILES string of the molecule is NNC(=O)NCCCC1CC1. The van der Waals surface area contributed by atoms with Gasteiger partial charge in [-0.2, -0.15) is 0 Å². The summed E-state index contributed by atoms with van der Waals surface area (Å²) in [6.07, 6.45) is 5.06. The summed E-state index contributed by atoms with van der Waals surface area (Å²) in [5.74, 6) is 5.81. The van der Waals surface area contributed by atoms with Crippen molar-refractivity contribution in [1.29, 1.82) is 0 Å². The Morgan fingerprint density at radius 3 is 2.82 bits per heavy atom. The van der Waals surface area contributed by atoms with Crippen LogP contribution >= 0.6 is 0 Å². The Balaban J connectivity index is 1.82. The quantitative estimate of drug-likeness (QED) is 0.238. The van der Waals surface area contributed by atoms with Crippen LogP contribution in [0.2, 0.25) is 0 Å². The standard InChI is InChI=1S/C7H15N3O/c8-10-7(11)9-5-1-2-6-3-4-6/h6H,1-5,8H2,(H2,9,10,11). The normalized spacial score (nSPS) is 16.1. The molecule has 0 atom stereocenters. The highest BCUT2D eigenvalue weighted by Gasteiger charge is 2.19. The van der Waals surface area contributed by atoms with Crippen LogP contribution in [0.25, 0.3) is 0 Å². The van der Waals surface area contributed by atoms with Gasteiger partial charge in [-0.3, -0.25) is 5.43 Å². The molecule has 0 radical (unpaired) electrons. The molecule has 64 valence electrons. The lowest BCUT2D eigenvalue weighted by Crippen LogP contribution is -2.40. The van der Waals surface area contributed by atoms with Crippen LogP contribution in [-0.4, -0.2) is 12.6 Å². The van der Waals surface area contributed by atoms with Crippen LogP contribution in [-0.2, 0) is 0 Å². The van der Waals surface area contributed by atoms with E-state index in [1.807, 2.05) is 5.43 Å². The third-order valence-corrected chi connectivity index (χ3v) is 1.90. The third-order valence-electron chi connectivity index (χ3n) is 1.90. The molecular weight excluding hydrogens is 142 g/mol. The van der Waals surface area contributed by atoms with Crippen molar-refractivity contribution in [2.75, 3.05) is 6.54 Å². The van der Waals surface area contributed by atoms with Crippen LogP contribution in [0.1, 0.15) is 25.7 Å². The number of urea groups is 1. The Labute approximate surface area is 66.5 Å². The highest BCUT2D eigenvalue weighted by molar-refractivity contribution is 5.72. The zero-order valence-corrected chi connectivity index (χ0v) is 6.60. The van der Waals surface area contributed by atoms with Crippen molar-refractivity contribution in [2.24, 2.45) is 11.8 Å². The van der Waals surface area contributed by atoms with Gasteiger partial charge in [0.1, 0.15) is 0 Å². The number of carbonyl (C=O) groups excluding carboxylic acids is 1. The van der Waals surface area contributed by atoms with E-state index in [1.54, 1.807) is 0 Å². The first-order valence-corrected chi connectivity index (χ1v) is 4.07. The number of rotatable bonds is 4. The van der Waals surface area contributed by atoms with Crippen LogP contribution in [0.5, 0.6) is 0 Å². The minimum Gasteiger partial charge on any atom is -0.337 e. The maximum Gasteiger partial charge on any atom is 0.328 e. The lowest BCUT2D eigenvalue weighted by Gasteiger charge is -2.02. The van der Waals surface area contributed by atoms with Crippen molar-refractivity contribution in [1.82, 2.24) is 10.7 Å². The number of hydrogen-bond acceptors (Lipinski definition) is 2. The van der Waals surface area contributed by atoms with E-state index in [2.05, 4.69) is 5.32 Å². The van der Waals surface area contributed by atoms with E-state index in [-0.39, 0.29) is 6.03 Å². The molecule has 0 aromatic carbocycles. The number of hydrogen-bond donors (Lipinski definition) is 3. The second-order valence-corrected chi connectivity index (χ2v) is 2.99. The van der Waals surface area contributed by atoms with Gasteiger partial charge in [-0.25, -0.2) is 10.6 Å². The van der Waals surface area contributed by atoms with Gasteiger partial charge in [0, 0.05) is 6.54 Å². The zero-order valence-electron chi connectivity index (χ0n) is 6.60. The Bertz CT molecular complexity index is 134.